The molecule has 0 aromatic heterocycles. The lowest BCUT2D eigenvalue weighted by Gasteiger charge is -2.38. The van der Waals surface area contributed by atoms with E-state index in [0.29, 0.717) is 18.9 Å². The molecule has 2 aromatic rings. The molecule has 1 spiro atoms. The number of piperidine rings is 1. The second-order valence-electron chi connectivity index (χ2n) is 7.80. The number of carbonyl (C=O) groups excluding carboxylic acids is 1. The summed E-state index contributed by atoms with van der Waals surface area (Å²) in [5, 5.41) is 6.46. The van der Waals surface area contributed by atoms with Gasteiger partial charge in [-0.25, -0.2) is 9.38 Å². The van der Waals surface area contributed by atoms with Crippen LogP contribution in [-0.4, -0.2) is 41.9 Å². The van der Waals surface area contributed by atoms with Crippen LogP contribution < -0.4 is 10.6 Å². The van der Waals surface area contributed by atoms with E-state index in [1.807, 2.05) is 12.1 Å². The highest BCUT2D eigenvalue weighted by atomic mass is 19.1. The van der Waals surface area contributed by atoms with Crippen LogP contribution in [0.5, 0.6) is 0 Å². The second kappa shape index (κ2) is 6.71. The quantitative estimate of drug-likeness (QED) is 0.801. The van der Waals surface area contributed by atoms with Gasteiger partial charge in [-0.2, -0.15) is 0 Å². The van der Waals surface area contributed by atoms with Crippen LogP contribution in [-0.2, 0) is 11.2 Å². The fraction of sp³-hybridized carbons (Fsp3) is 0.364. The fourth-order valence-corrected chi connectivity index (χ4v) is 4.63. The molecule has 0 radical (unpaired) electrons. The van der Waals surface area contributed by atoms with E-state index in [4.69, 9.17) is 4.99 Å². The number of fused-ring (bicyclic) bond motifs is 1. The number of hydrogen-bond donors (Lipinski definition) is 2. The Labute approximate surface area is 163 Å². The molecule has 0 aliphatic carbocycles. The topological polar surface area (TPSA) is 56.7 Å². The summed E-state index contributed by atoms with van der Waals surface area (Å²) >= 11 is 0. The third kappa shape index (κ3) is 2.88. The molecule has 5 rings (SSSR count). The first-order valence-electron chi connectivity index (χ1n) is 9.88. The second-order valence-corrected chi connectivity index (χ2v) is 7.80. The standard InChI is InChI=1S/C22H23FN4O/c23-17-8-6-16(7-9-17)19-18-5-2-1-4-15(18)10-13-27(19)20-21(28)26-22(25-20)11-3-12-24-14-22/h1-2,4-9,19,24H,3,10-14H2,(H,26,28)/t19-,22-/m0/s1. The molecule has 5 nitrogen and oxygen atoms in total. The van der Waals surface area contributed by atoms with Crippen LogP contribution in [0.3, 0.4) is 0 Å². The summed E-state index contributed by atoms with van der Waals surface area (Å²) < 4.78 is 13.5. The zero-order chi connectivity index (χ0) is 19.1. The largest absolute Gasteiger partial charge is 0.341 e. The summed E-state index contributed by atoms with van der Waals surface area (Å²) in [7, 11) is 0. The Morgan fingerprint density at radius 3 is 2.75 bits per heavy atom. The van der Waals surface area contributed by atoms with Gasteiger partial charge >= 0.3 is 0 Å². The maximum absolute atomic E-state index is 13.5. The third-order valence-corrected chi connectivity index (χ3v) is 5.97. The van der Waals surface area contributed by atoms with Crippen molar-refractivity contribution in [1.82, 2.24) is 15.5 Å². The molecule has 0 bridgehead atoms. The first-order chi connectivity index (χ1) is 13.7. The molecule has 3 heterocycles. The van der Waals surface area contributed by atoms with Crippen molar-refractivity contribution in [1.29, 1.82) is 0 Å². The van der Waals surface area contributed by atoms with E-state index in [1.165, 1.54) is 17.7 Å². The number of nitrogens with one attached hydrogen (secondary N) is 2. The minimum Gasteiger partial charge on any atom is -0.341 e. The third-order valence-electron chi connectivity index (χ3n) is 5.97. The minimum absolute atomic E-state index is 0.116. The van der Waals surface area contributed by atoms with Gasteiger partial charge in [-0.3, -0.25) is 4.79 Å². The maximum Gasteiger partial charge on any atom is 0.288 e. The van der Waals surface area contributed by atoms with Crippen molar-refractivity contribution in [2.45, 2.75) is 31.0 Å². The van der Waals surface area contributed by atoms with Crippen LogP contribution in [0.1, 0.15) is 35.6 Å². The van der Waals surface area contributed by atoms with Gasteiger partial charge in [-0.15, -0.1) is 0 Å². The van der Waals surface area contributed by atoms with Gasteiger partial charge in [0.1, 0.15) is 11.5 Å². The lowest BCUT2D eigenvalue weighted by molar-refractivity contribution is -0.116. The molecule has 0 saturated carbocycles. The first-order valence-corrected chi connectivity index (χ1v) is 9.88. The van der Waals surface area contributed by atoms with Crippen LogP contribution >= 0.6 is 0 Å². The van der Waals surface area contributed by atoms with E-state index < -0.39 is 5.66 Å². The minimum atomic E-state index is -0.533. The molecular weight excluding hydrogens is 355 g/mol. The normalized spacial score (nSPS) is 26.8. The molecule has 144 valence electrons. The Bertz CT molecular complexity index is 934. The summed E-state index contributed by atoms with van der Waals surface area (Å²) in [5.74, 6) is 0.116. The Kier molecular flexibility index (Phi) is 4.16. The van der Waals surface area contributed by atoms with Crippen LogP contribution in [0.4, 0.5) is 4.39 Å². The Hall–Kier alpha value is -2.73. The number of nitrogens with zero attached hydrogens (tertiary/aromatic N) is 2. The summed E-state index contributed by atoms with van der Waals surface area (Å²) in [5.41, 5.74) is 2.85. The molecule has 2 atom stereocenters. The van der Waals surface area contributed by atoms with E-state index in [0.717, 1.165) is 36.9 Å². The van der Waals surface area contributed by atoms with Gasteiger partial charge < -0.3 is 15.5 Å². The lowest BCUT2D eigenvalue weighted by Crippen LogP contribution is -2.53. The summed E-state index contributed by atoms with van der Waals surface area (Å²) in [6, 6.07) is 14.7. The van der Waals surface area contributed by atoms with Crippen molar-refractivity contribution in [3.63, 3.8) is 0 Å². The Balaban J connectivity index is 1.59. The van der Waals surface area contributed by atoms with Gasteiger partial charge in [0.15, 0.2) is 5.84 Å². The summed E-state index contributed by atoms with van der Waals surface area (Å²) in [6.45, 7) is 2.32. The van der Waals surface area contributed by atoms with Crippen molar-refractivity contribution in [2.24, 2.45) is 4.99 Å². The van der Waals surface area contributed by atoms with Gasteiger partial charge in [-0.1, -0.05) is 36.4 Å². The summed E-state index contributed by atoms with van der Waals surface area (Å²) in [6.07, 6.45) is 2.69. The molecule has 2 N–H and O–H groups in total. The van der Waals surface area contributed by atoms with Crippen molar-refractivity contribution < 1.29 is 9.18 Å². The first kappa shape index (κ1) is 17.4. The van der Waals surface area contributed by atoms with Crippen molar-refractivity contribution in [2.75, 3.05) is 19.6 Å². The highest BCUT2D eigenvalue weighted by Gasteiger charge is 2.44. The average Bonchev–Trinajstić information content (AvgIpc) is 3.03. The van der Waals surface area contributed by atoms with E-state index >= 15 is 0 Å². The molecule has 3 aliphatic rings. The molecule has 1 amide bonds. The number of amidine groups is 1. The van der Waals surface area contributed by atoms with Gasteiger partial charge in [0.05, 0.1) is 6.04 Å². The predicted molar refractivity (Wildman–Crippen MR) is 106 cm³/mol. The van der Waals surface area contributed by atoms with Crippen LogP contribution in [0.2, 0.25) is 0 Å². The molecule has 2 aromatic carbocycles. The molecule has 1 fully saturated rings. The molecular formula is C22H23FN4O. The monoisotopic (exact) mass is 378 g/mol. The van der Waals surface area contributed by atoms with Crippen molar-refractivity contribution in [3.8, 4) is 0 Å². The van der Waals surface area contributed by atoms with Crippen molar-refractivity contribution >= 4 is 11.7 Å². The number of amides is 1. The molecule has 1 saturated heterocycles. The van der Waals surface area contributed by atoms with Crippen LogP contribution in [0.25, 0.3) is 0 Å². The van der Waals surface area contributed by atoms with Gasteiger partial charge in [0.25, 0.3) is 5.91 Å². The van der Waals surface area contributed by atoms with Gasteiger partial charge in [0.2, 0.25) is 0 Å². The molecule has 6 heteroatoms. The average molecular weight is 378 g/mol. The smallest absolute Gasteiger partial charge is 0.288 e. The SMILES string of the molecule is O=C1N[C@]2(CCCNC2)N=C1N1CCc2ccccc2[C@@H]1c1ccc(F)cc1. The molecule has 3 aliphatic heterocycles. The Morgan fingerprint density at radius 1 is 1.14 bits per heavy atom. The number of halogens is 1. The number of aliphatic imine (C=N–C) groups is 1. The predicted octanol–water partition coefficient (Wildman–Crippen LogP) is 2.38. The van der Waals surface area contributed by atoms with E-state index in [9.17, 15) is 9.18 Å². The zero-order valence-corrected chi connectivity index (χ0v) is 15.6. The molecule has 0 unspecified atom stereocenters. The lowest BCUT2D eigenvalue weighted by atomic mass is 9.88. The fourth-order valence-electron chi connectivity index (χ4n) is 4.63. The molecule has 28 heavy (non-hydrogen) atoms. The van der Waals surface area contributed by atoms with E-state index in [-0.39, 0.29) is 17.8 Å². The number of rotatable bonds is 1. The van der Waals surface area contributed by atoms with Crippen LogP contribution in [0, 0.1) is 5.82 Å². The van der Waals surface area contributed by atoms with Gasteiger partial charge in [0, 0.05) is 13.1 Å². The summed E-state index contributed by atoms with van der Waals surface area (Å²) in [4.78, 5) is 19.9. The van der Waals surface area contributed by atoms with Gasteiger partial charge in [-0.05, 0) is 54.6 Å². The maximum atomic E-state index is 13.5. The number of benzene rings is 2. The highest BCUT2D eigenvalue weighted by Crippen LogP contribution is 2.37. The van der Waals surface area contributed by atoms with E-state index in [2.05, 4.69) is 27.7 Å². The van der Waals surface area contributed by atoms with Crippen molar-refractivity contribution in [3.05, 3.63) is 71.0 Å². The Morgan fingerprint density at radius 2 is 1.96 bits per heavy atom. The van der Waals surface area contributed by atoms with Crippen LogP contribution in [0.15, 0.2) is 53.5 Å². The number of hydrogen-bond acceptors (Lipinski definition) is 4. The number of carbonyl (C=O) groups is 1. The zero-order valence-electron chi connectivity index (χ0n) is 15.6. The van der Waals surface area contributed by atoms with E-state index in [1.54, 1.807) is 12.1 Å². The highest BCUT2D eigenvalue weighted by molar-refractivity contribution is 6.39.